The van der Waals surface area contributed by atoms with Gasteiger partial charge in [-0.15, -0.1) is 0 Å². The number of aliphatic hydroxyl groups excluding tert-OH is 1. The van der Waals surface area contributed by atoms with Crippen molar-refractivity contribution >= 4 is 15.7 Å². The Balaban J connectivity index is 2.34. The van der Waals surface area contributed by atoms with Gasteiger partial charge in [-0.05, 0) is 36.8 Å². The van der Waals surface area contributed by atoms with E-state index in [4.69, 9.17) is 0 Å². The zero-order valence-electron chi connectivity index (χ0n) is 11.0. The Hall–Kier alpha value is -1.99. The number of rotatable bonds is 4. The second kappa shape index (κ2) is 5.79. The van der Waals surface area contributed by atoms with Gasteiger partial charge in [0.1, 0.15) is 17.3 Å². The lowest BCUT2D eigenvalue weighted by Crippen LogP contribution is -2.15. The first-order chi connectivity index (χ1) is 9.81. The molecule has 2 aromatic carbocycles. The van der Waals surface area contributed by atoms with Crippen LogP contribution in [0.2, 0.25) is 0 Å². The van der Waals surface area contributed by atoms with Gasteiger partial charge >= 0.3 is 0 Å². The maximum atomic E-state index is 13.5. The molecule has 0 aliphatic carbocycles. The van der Waals surface area contributed by atoms with Crippen molar-refractivity contribution in [3.63, 3.8) is 0 Å². The summed E-state index contributed by atoms with van der Waals surface area (Å²) in [6, 6.07) is 8.41. The van der Waals surface area contributed by atoms with E-state index >= 15 is 0 Å². The van der Waals surface area contributed by atoms with Crippen LogP contribution in [0, 0.1) is 11.6 Å². The molecule has 112 valence electrons. The summed E-state index contributed by atoms with van der Waals surface area (Å²) in [5.41, 5.74) is -0.192. The van der Waals surface area contributed by atoms with Crippen LogP contribution in [0.5, 0.6) is 0 Å². The highest BCUT2D eigenvalue weighted by Crippen LogP contribution is 2.23. The highest BCUT2D eigenvalue weighted by Gasteiger charge is 2.19. The standard InChI is InChI=1S/C14H13F2NO3S/c1-9(18)10-5-7-11(8-6-10)21(19,20)17-14-12(15)3-2-4-13(14)16/h2-9,17-18H,1H3. The molecular formula is C14H13F2NO3S. The molecule has 2 N–H and O–H groups in total. The summed E-state index contributed by atoms with van der Waals surface area (Å²) in [5.74, 6) is -2.00. The molecule has 21 heavy (non-hydrogen) atoms. The SMILES string of the molecule is CC(O)c1ccc(S(=O)(=O)Nc2c(F)cccc2F)cc1. The van der Waals surface area contributed by atoms with E-state index in [0.717, 1.165) is 18.2 Å². The maximum absolute atomic E-state index is 13.5. The van der Waals surface area contributed by atoms with E-state index < -0.39 is 33.4 Å². The highest BCUT2D eigenvalue weighted by molar-refractivity contribution is 7.92. The molecule has 0 aliphatic heterocycles. The molecule has 0 heterocycles. The molecule has 4 nitrogen and oxygen atoms in total. The Bertz CT molecular complexity index is 723. The van der Waals surface area contributed by atoms with Crippen molar-refractivity contribution in [2.24, 2.45) is 0 Å². The van der Waals surface area contributed by atoms with Crippen molar-refractivity contribution in [2.75, 3.05) is 4.72 Å². The van der Waals surface area contributed by atoms with Crippen molar-refractivity contribution in [3.05, 3.63) is 59.7 Å². The normalized spacial score (nSPS) is 13.0. The second-order valence-electron chi connectivity index (χ2n) is 4.45. The number of para-hydroxylation sites is 1. The number of hydrogen-bond acceptors (Lipinski definition) is 3. The summed E-state index contributed by atoms with van der Waals surface area (Å²) in [6.45, 7) is 1.54. The molecule has 1 unspecified atom stereocenters. The lowest BCUT2D eigenvalue weighted by molar-refractivity contribution is 0.199. The van der Waals surface area contributed by atoms with Crippen molar-refractivity contribution < 1.29 is 22.3 Å². The molecule has 7 heteroatoms. The third kappa shape index (κ3) is 3.37. The Morgan fingerprint density at radius 1 is 1.05 bits per heavy atom. The third-order valence-corrected chi connectivity index (χ3v) is 4.24. The predicted molar refractivity (Wildman–Crippen MR) is 74.2 cm³/mol. The summed E-state index contributed by atoms with van der Waals surface area (Å²) < 4.78 is 53.0. The van der Waals surface area contributed by atoms with E-state index in [0.29, 0.717) is 5.56 Å². The first-order valence-corrected chi connectivity index (χ1v) is 7.54. The number of nitrogens with one attached hydrogen (secondary N) is 1. The molecule has 0 radical (unpaired) electrons. The molecular weight excluding hydrogens is 300 g/mol. The molecule has 0 saturated carbocycles. The van der Waals surface area contributed by atoms with Crippen LogP contribution in [0.3, 0.4) is 0 Å². The smallest absolute Gasteiger partial charge is 0.262 e. The molecule has 0 saturated heterocycles. The van der Waals surface area contributed by atoms with Gasteiger partial charge in [-0.1, -0.05) is 18.2 Å². The van der Waals surface area contributed by atoms with Gasteiger partial charge in [-0.2, -0.15) is 0 Å². The number of aliphatic hydroxyl groups is 1. The number of halogens is 2. The van der Waals surface area contributed by atoms with Crippen LogP contribution in [0.1, 0.15) is 18.6 Å². The van der Waals surface area contributed by atoms with Crippen LogP contribution in [-0.4, -0.2) is 13.5 Å². The van der Waals surface area contributed by atoms with E-state index in [2.05, 4.69) is 0 Å². The molecule has 2 rings (SSSR count). The number of sulfonamides is 1. The van der Waals surface area contributed by atoms with Gasteiger partial charge < -0.3 is 5.11 Å². The molecule has 0 aromatic heterocycles. The minimum Gasteiger partial charge on any atom is -0.389 e. The van der Waals surface area contributed by atoms with E-state index in [1.807, 2.05) is 4.72 Å². The van der Waals surface area contributed by atoms with Crippen LogP contribution in [0.4, 0.5) is 14.5 Å². The lowest BCUT2D eigenvalue weighted by Gasteiger charge is -2.11. The topological polar surface area (TPSA) is 66.4 Å². The fourth-order valence-corrected chi connectivity index (χ4v) is 2.79. The highest BCUT2D eigenvalue weighted by atomic mass is 32.2. The summed E-state index contributed by atoms with van der Waals surface area (Å²) >= 11 is 0. The fraction of sp³-hybridized carbons (Fsp3) is 0.143. The first kappa shape index (κ1) is 15.4. The summed E-state index contributed by atoms with van der Waals surface area (Å²) in [4.78, 5) is -0.158. The van der Waals surface area contributed by atoms with E-state index in [9.17, 15) is 22.3 Å². The van der Waals surface area contributed by atoms with Gasteiger partial charge in [0.25, 0.3) is 10.0 Å². The van der Waals surface area contributed by atoms with Crippen LogP contribution >= 0.6 is 0 Å². The lowest BCUT2D eigenvalue weighted by atomic mass is 10.1. The zero-order valence-corrected chi connectivity index (χ0v) is 11.9. The van der Waals surface area contributed by atoms with Crippen LogP contribution in [0.25, 0.3) is 0 Å². The second-order valence-corrected chi connectivity index (χ2v) is 6.13. The molecule has 0 aliphatic rings. The van der Waals surface area contributed by atoms with Crippen LogP contribution in [-0.2, 0) is 10.0 Å². The van der Waals surface area contributed by atoms with Gasteiger partial charge in [0, 0.05) is 0 Å². The quantitative estimate of drug-likeness (QED) is 0.912. The predicted octanol–water partition coefficient (Wildman–Crippen LogP) is 2.82. The van der Waals surface area contributed by atoms with Crippen LogP contribution < -0.4 is 4.72 Å². The largest absolute Gasteiger partial charge is 0.389 e. The summed E-state index contributed by atoms with van der Waals surface area (Å²) in [6.07, 6.45) is -0.737. The van der Waals surface area contributed by atoms with Crippen molar-refractivity contribution in [1.82, 2.24) is 0 Å². The zero-order chi connectivity index (χ0) is 15.6. The Morgan fingerprint density at radius 3 is 2.05 bits per heavy atom. The molecule has 0 fully saturated rings. The van der Waals surface area contributed by atoms with Crippen LogP contribution in [0.15, 0.2) is 47.4 Å². The average Bonchev–Trinajstić information content (AvgIpc) is 2.43. The monoisotopic (exact) mass is 313 g/mol. The van der Waals surface area contributed by atoms with Crippen molar-refractivity contribution in [2.45, 2.75) is 17.9 Å². The van der Waals surface area contributed by atoms with Gasteiger partial charge in [0.05, 0.1) is 11.0 Å². The third-order valence-electron chi connectivity index (χ3n) is 2.87. The van der Waals surface area contributed by atoms with E-state index in [-0.39, 0.29) is 4.90 Å². The Morgan fingerprint density at radius 2 is 1.57 bits per heavy atom. The van der Waals surface area contributed by atoms with Gasteiger partial charge in [-0.3, -0.25) is 4.72 Å². The molecule has 1 atom stereocenters. The first-order valence-electron chi connectivity index (χ1n) is 6.06. The molecule has 0 amide bonds. The molecule has 2 aromatic rings. The van der Waals surface area contributed by atoms with Gasteiger partial charge in [0.15, 0.2) is 0 Å². The number of benzene rings is 2. The van der Waals surface area contributed by atoms with Crippen molar-refractivity contribution in [1.29, 1.82) is 0 Å². The maximum Gasteiger partial charge on any atom is 0.262 e. The van der Waals surface area contributed by atoms with Gasteiger partial charge in [-0.25, -0.2) is 17.2 Å². The van der Waals surface area contributed by atoms with E-state index in [1.165, 1.54) is 31.2 Å². The number of anilines is 1. The Kier molecular flexibility index (Phi) is 4.24. The number of hydrogen-bond donors (Lipinski definition) is 2. The molecule has 0 spiro atoms. The average molecular weight is 313 g/mol. The summed E-state index contributed by atoms with van der Waals surface area (Å²) in [5, 5.41) is 9.36. The minimum atomic E-state index is -4.11. The summed E-state index contributed by atoms with van der Waals surface area (Å²) in [7, 11) is -4.11. The van der Waals surface area contributed by atoms with Gasteiger partial charge in [0.2, 0.25) is 0 Å². The fourth-order valence-electron chi connectivity index (χ4n) is 1.71. The van der Waals surface area contributed by atoms with E-state index in [1.54, 1.807) is 0 Å². The Labute approximate surface area is 121 Å². The van der Waals surface area contributed by atoms with Crippen molar-refractivity contribution in [3.8, 4) is 0 Å². The molecule has 0 bridgehead atoms. The minimum absolute atomic E-state index is 0.158.